The highest BCUT2D eigenvalue weighted by Gasteiger charge is 2.48. The van der Waals surface area contributed by atoms with Crippen LogP contribution >= 0.6 is 0 Å². The Morgan fingerprint density at radius 3 is 2.33 bits per heavy atom. The number of hydrogen-bond acceptors (Lipinski definition) is 3. The molecule has 1 aliphatic carbocycles. The average Bonchev–Trinajstić information content (AvgIpc) is 2.95. The van der Waals surface area contributed by atoms with Gasteiger partial charge in [-0.1, -0.05) is 19.3 Å². The topological polar surface area (TPSA) is 60.9 Å². The lowest BCUT2D eigenvalue weighted by molar-refractivity contribution is -0.135. The van der Waals surface area contributed by atoms with Gasteiger partial charge in [0, 0.05) is 52.0 Å². The molecule has 1 atom stereocenters. The lowest BCUT2D eigenvalue weighted by Crippen LogP contribution is -2.47. The van der Waals surface area contributed by atoms with Gasteiger partial charge in [0.1, 0.15) is 0 Å². The van der Waals surface area contributed by atoms with E-state index in [1.54, 1.807) is 6.92 Å². The van der Waals surface area contributed by atoms with Crippen molar-refractivity contribution >= 4 is 11.8 Å². The molecule has 3 fully saturated rings. The Labute approximate surface area is 145 Å². The minimum Gasteiger partial charge on any atom is -0.396 e. The van der Waals surface area contributed by atoms with E-state index in [2.05, 4.69) is 0 Å². The Hall–Kier alpha value is -1.10. The third-order valence-corrected chi connectivity index (χ3v) is 6.78. The predicted octanol–water partition coefficient (Wildman–Crippen LogP) is 2.04. The predicted molar refractivity (Wildman–Crippen MR) is 92.3 cm³/mol. The zero-order valence-electron chi connectivity index (χ0n) is 15.0. The fourth-order valence-corrected chi connectivity index (χ4v) is 5.06. The Bertz CT molecular complexity index is 465. The van der Waals surface area contributed by atoms with Crippen molar-refractivity contribution in [1.29, 1.82) is 0 Å². The van der Waals surface area contributed by atoms with E-state index in [4.69, 9.17) is 0 Å². The van der Waals surface area contributed by atoms with Crippen molar-refractivity contribution in [3.63, 3.8) is 0 Å². The van der Waals surface area contributed by atoms with Gasteiger partial charge in [-0.05, 0) is 37.0 Å². The molecule has 136 valence electrons. The van der Waals surface area contributed by atoms with Crippen molar-refractivity contribution < 1.29 is 14.7 Å². The number of carbonyl (C=O) groups is 2. The van der Waals surface area contributed by atoms with Gasteiger partial charge in [0.25, 0.3) is 0 Å². The van der Waals surface area contributed by atoms with Crippen molar-refractivity contribution in [3.8, 4) is 0 Å². The smallest absolute Gasteiger partial charge is 0.222 e. The van der Waals surface area contributed by atoms with Gasteiger partial charge >= 0.3 is 0 Å². The van der Waals surface area contributed by atoms with Gasteiger partial charge in [-0.3, -0.25) is 9.59 Å². The zero-order chi connectivity index (χ0) is 17.2. The number of piperidine rings is 1. The molecule has 24 heavy (non-hydrogen) atoms. The normalized spacial score (nSPS) is 27.7. The summed E-state index contributed by atoms with van der Waals surface area (Å²) in [7, 11) is 0. The minimum atomic E-state index is 0.0159. The summed E-state index contributed by atoms with van der Waals surface area (Å²) in [5.41, 5.74) is 0.0159. The summed E-state index contributed by atoms with van der Waals surface area (Å²) in [5, 5.41) is 9.76. The van der Waals surface area contributed by atoms with Crippen LogP contribution in [0.3, 0.4) is 0 Å². The van der Waals surface area contributed by atoms with E-state index in [-0.39, 0.29) is 23.8 Å². The second-order valence-corrected chi connectivity index (χ2v) is 8.23. The SMILES string of the molecule is CC(=O)N1CC(CO)C2(CCN(C(=O)CC3CCCCC3)CC2)C1. The van der Waals surface area contributed by atoms with E-state index in [1.807, 2.05) is 9.80 Å². The largest absolute Gasteiger partial charge is 0.396 e. The highest BCUT2D eigenvalue weighted by molar-refractivity contribution is 5.76. The summed E-state index contributed by atoms with van der Waals surface area (Å²) in [5.74, 6) is 1.17. The molecule has 2 aliphatic heterocycles. The van der Waals surface area contributed by atoms with Crippen LogP contribution < -0.4 is 0 Å². The standard InChI is InChI=1S/C19H32N2O3/c1-15(23)21-12-17(13-22)19(14-21)7-9-20(10-8-19)18(24)11-16-5-3-2-4-6-16/h16-17,22H,2-14H2,1H3. The molecule has 3 rings (SSSR count). The molecule has 0 aromatic heterocycles. The van der Waals surface area contributed by atoms with E-state index < -0.39 is 0 Å². The van der Waals surface area contributed by atoms with E-state index in [1.165, 1.54) is 32.1 Å². The minimum absolute atomic E-state index is 0.0159. The number of nitrogens with zero attached hydrogens (tertiary/aromatic N) is 2. The quantitative estimate of drug-likeness (QED) is 0.858. The first-order chi connectivity index (χ1) is 11.5. The highest BCUT2D eigenvalue weighted by atomic mass is 16.3. The van der Waals surface area contributed by atoms with Gasteiger partial charge in [0.15, 0.2) is 0 Å². The number of hydrogen-bond donors (Lipinski definition) is 1. The fraction of sp³-hybridized carbons (Fsp3) is 0.895. The molecule has 2 amide bonds. The van der Waals surface area contributed by atoms with Crippen LogP contribution in [0.2, 0.25) is 0 Å². The molecule has 1 N–H and O–H groups in total. The Kier molecular flexibility index (Phi) is 5.48. The van der Waals surface area contributed by atoms with Gasteiger partial charge < -0.3 is 14.9 Å². The molecule has 0 aromatic rings. The van der Waals surface area contributed by atoms with E-state index in [9.17, 15) is 14.7 Å². The summed E-state index contributed by atoms with van der Waals surface area (Å²) >= 11 is 0. The van der Waals surface area contributed by atoms with E-state index in [0.717, 1.165) is 38.9 Å². The van der Waals surface area contributed by atoms with Gasteiger partial charge in [-0.25, -0.2) is 0 Å². The summed E-state index contributed by atoms with van der Waals surface area (Å²) in [6.45, 7) is 4.73. The lowest BCUT2D eigenvalue weighted by Gasteiger charge is -2.42. The lowest BCUT2D eigenvalue weighted by atomic mass is 9.71. The summed E-state index contributed by atoms with van der Waals surface area (Å²) < 4.78 is 0. The molecule has 5 heteroatoms. The molecule has 2 heterocycles. The van der Waals surface area contributed by atoms with Gasteiger partial charge in [-0.2, -0.15) is 0 Å². The van der Waals surface area contributed by atoms with Crippen LogP contribution in [-0.4, -0.2) is 59.5 Å². The second-order valence-electron chi connectivity index (χ2n) is 8.23. The van der Waals surface area contributed by atoms with Gasteiger partial charge in [0.2, 0.25) is 11.8 Å². The highest BCUT2D eigenvalue weighted by Crippen LogP contribution is 2.44. The number of rotatable bonds is 3. The molecule has 2 saturated heterocycles. The molecule has 1 saturated carbocycles. The van der Waals surface area contributed by atoms with Crippen LogP contribution in [0.15, 0.2) is 0 Å². The first-order valence-corrected chi connectivity index (χ1v) is 9.68. The van der Waals surface area contributed by atoms with Crippen molar-refractivity contribution in [1.82, 2.24) is 9.80 Å². The number of amides is 2. The number of aliphatic hydroxyl groups is 1. The average molecular weight is 336 g/mol. The van der Waals surface area contributed by atoms with Crippen LogP contribution in [-0.2, 0) is 9.59 Å². The molecule has 0 aromatic carbocycles. The van der Waals surface area contributed by atoms with Crippen molar-refractivity contribution in [2.24, 2.45) is 17.3 Å². The van der Waals surface area contributed by atoms with Crippen LogP contribution in [0.1, 0.15) is 58.3 Å². The maximum absolute atomic E-state index is 12.6. The second kappa shape index (κ2) is 7.42. The molecule has 1 unspecified atom stereocenters. The van der Waals surface area contributed by atoms with Gasteiger partial charge in [-0.15, -0.1) is 0 Å². The number of aliphatic hydroxyl groups excluding tert-OH is 1. The molecule has 0 radical (unpaired) electrons. The summed E-state index contributed by atoms with van der Waals surface area (Å²) in [6, 6.07) is 0. The Morgan fingerprint density at radius 2 is 1.75 bits per heavy atom. The third kappa shape index (κ3) is 3.61. The van der Waals surface area contributed by atoms with Crippen LogP contribution in [0.25, 0.3) is 0 Å². The maximum atomic E-state index is 12.6. The number of likely N-dealkylation sites (tertiary alicyclic amines) is 2. The van der Waals surface area contributed by atoms with Crippen molar-refractivity contribution in [2.45, 2.75) is 58.3 Å². The Morgan fingerprint density at radius 1 is 1.08 bits per heavy atom. The van der Waals surface area contributed by atoms with E-state index in [0.29, 0.717) is 18.4 Å². The van der Waals surface area contributed by atoms with Crippen LogP contribution in [0.4, 0.5) is 0 Å². The molecule has 1 spiro atoms. The molecule has 5 nitrogen and oxygen atoms in total. The van der Waals surface area contributed by atoms with Crippen molar-refractivity contribution in [3.05, 3.63) is 0 Å². The Balaban J connectivity index is 1.54. The third-order valence-electron chi connectivity index (χ3n) is 6.78. The first kappa shape index (κ1) is 17.7. The molecule has 0 bridgehead atoms. The van der Waals surface area contributed by atoms with E-state index >= 15 is 0 Å². The van der Waals surface area contributed by atoms with Gasteiger partial charge in [0.05, 0.1) is 0 Å². The molecular formula is C19H32N2O3. The fourth-order valence-electron chi connectivity index (χ4n) is 5.06. The summed E-state index contributed by atoms with van der Waals surface area (Å²) in [6.07, 6.45) is 8.85. The number of carbonyl (C=O) groups excluding carboxylic acids is 2. The molecular weight excluding hydrogens is 304 g/mol. The van der Waals surface area contributed by atoms with Crippen LogP contribution in [0.5, 0.6) is 0 Å². The van der Waals surface area contributed by atoms with Crippen molar-refractivity contribution in [2.75, 3.05) is 32.8 Å². The molecule has 3 aliphatic rings. The monoisotopic (exact) mass is 336 g/mol. The first-order valence-electron chi connectivity index (χ1n) is 9.68. The summed E-state index contributed by atoms with van der Waals surface area (Å²) in [4.78, 5) is 28.2. The maximum Gasteiger partial charge on any atom is 0.222 e. The zero-order valence-corrected chi connectivity index (χ0v) is 15.0. The van der Waals surface area contributed by atoms with Crippen LogP contribution in [0, 0.1) is 17.3 Å².